The number of hydrogen-bond donors (Lipinski definition) is 1. The molecule has 1 heteroatoms. The van der Waals surface area contributed by atoms with Gasteiger partial charge in [0.15, 0.2) is 0 Å². The molecule has 0 saturated heterocycles. The van der Waals surface area contributed by atoms with Crippen molar-refractivity contribution >= 4 is 0 Å². The van der Waals surface area contributed by atoms with Crippen molar-refractivity contribution in [1.82, 2.24) is 0 Å². The summed E-state index contributed by atoms with van der Waals surface area (Å²) >= 11 is 0. The molecule has 1 saturated carbocycles. The van der Waals surface area contributed by atoms with Crippen LogP contribution in [0.25, 0.3) is 0 Å². The molecule has 1 aliphatic rings. The first kappa shape index (κ1) is 10.0. The van der Waals surface area contributed by atoms with E-state index in [0.29, 0.717) is 6.04 Å². The molecule has 0 aromatic rings. The molecule has 2 N–H and O–H groups in total. The normalized spacial score (nSPS) is 22.8. The van der Waals surface area contributed by atoms with Crippen molar-refractivity contribution in [2.24, 2.45) is 23.5 Å². The van der Waals surface area contributed by atoms with Crippen molar-refractivity contribution in [2.75, 3.05) is 0 Å². The second kappa shape index (κ2) is 4.27. The zero-order valence-corrected chi connectivity index (χ0v) is 8.72. The third kappa shape index (κ3) is 3.14. The Morgan fingerprint density at radius 1 is 1.17 bits per heavy atom. The fourth-order valence-electron chi connectivity index (χ4n) is 1.76. The van der Waals surface area contributed by atoms with Gasteiger partial charge in [0.25, 0.3) is 0 Å². The Labute approximate surface area is 76.7 Å². The minimum Gasteiger partial charge on any atom is -0.327 e. The summed E-state index contributed by atoms with van der Waals surface area (Å²) < 4.78 is 0. The summed E-state index contributed by atoms with van der Waals surface area (Å²) in [5.41, 5.74) is 6.11. The van der Waals surface area contributed by atoms with Crippen LogP contribution in [0.4, 0.5) is 0 Å². The van der Waals surface area contributed by atoms with Gasteiger partial charge in [-0.15, -0.1) is 0 Å². The average molecular weight is 169 g/mol. The molecule has 72 valence electrons. The van der Waals surface area contributed by atoms with Gasteiger partial charge in [-0.2, -0.15) is 0 Å². The first-order chi connectivity index (χ1) is 5.61. The second-order valence-corrected chi connectivity index (χ2v) is 4.83. The maximum atomic E-state index is 6.11. The predicted octanol–water partition coefficient (Wildman–Crippen LogP) is 2.80. The average Bonchev–Trinajstić information content (AvgIpc) is 2.80. The van der Waals surface area contributed by atoms with E-state index in [9.17, 15) is 0 Å². The Bertz CT molecular complexity index is 127. The molecule has 0 amide bonds. The second-order valence-electron chi connectivity index (χ2n) is 4.83. The van der Waals surface area contributed by atoms with E-state index < -0.39 is 0 Å². The molecule has 0 aromatic carbocycles. The van der Waals surface area contributed by atoms with Crippen molar-refractivity contribution in [2.45, 2.75) is 52.5 Å². The van der Waals surface area contributed by atoms with E-state index in [1.165, 1.54) is 25.7 Å². The van der Waals surface area contributed by atoms with Crippen LogP contribution in [0.2, 0.25) is 0 Å². The molecule has 1 rings (SSSR count). The van der Waals surface area contributed by atoms with E-state index >= 15 is 0 Å². The highest BCUT2D eigenvalue weighted by Gasteiger charge is 2.31. The Hall–Kier alpha value is -0.0400. The van der Waals surface area contributed by atoms with E-state index in [4.69, 9.17) is 5.73 Å². The molecule has 0 aromatic heterocycles. The van der Waals surface area contributed by atoms with Gasteiger partial charge in [-0.3, -0.25) is 0 Å². The lowest BCUT2D eigenvalue weighted by Crippen LogP contribution is -2.29. The maximum Gasteiger partial charge on any atom is 0.00672 e. The van der Waals surface area contributed by atoms with Gasteiger partial charge in [0.2, 0.25) is 0 Å². The fraction of sp³-hybridized carbons (Fsp3) is 1.00. The molecule has 0 heterocycles. The van der Waals surface area contributed by atoms with Crippen LogP contribution in [0.3, 0.4) is 0 Å². The third-order valence-corrected chi connectivity index (χ3v) is 3.12. The number of nitrogens with two attached hydrogens (primary N) is 1. The topological polar surface area (TPSA) is 26.0 Å². The summed E-state index contributed by atoms with van der Waals surface area (Å²) in [6.07, 6.45) is 5.36. The van der Waals surface area contributed by atoms with Gasteiger partial charge in [0, 0.05) is 6.04 Å². The van der Waals surface area contributed by atoms with Crippen LogP contribution < -0.4 is 5.73 Å². The van der Waals surface area contributed by atoms with Gasteiger partial charge in [-0.25, -0.2) is 0 Å². The summed E-state index contributed by atoms with van der Waals surface area (Å²) in [5, 5.41) is 0. The van der Waals surface area contributed by atoms with Crippen molar-refractivity contribution in [3.8, 4) is 0 Å². The minimum absolute atomic E-state index is 0.458. The van der Waals surface area contributed by atoms with Crippen LogP contribution in [0.15, 0.2) is 0 Å². The van der Waals surface area contributed by atoms with E-state index in [-0.39, 0.29) is 0 Å². The van der Waals surface area contributed by atoms with Crippen molar-refractivity contribution in [1.29, 1.82) is 0 Å². The highest BCUT2D eigenvalue weighted by molar-refractivity contribution is 4.84. The van der Waals surface area contributed by atoms with E-state index in [1.807, 2.05) is 0 Å². The first-order valence-electron chi connectivity index (χ1n) is 5.37. The number of rotatable bonds is 5. The van der Waals surface area contributed by atoms with Gasteiger partial charge in [-0.05, 0) is 43.4 Å². The van der Waals surface area contributed by atoms with E-state index in [2.05, 4.69) is 20.8 Å². The van der Waals surface area contributed by atoms with Crippen molar-refractivity contribution in [3.63, 3.8) is 0 Å². The van der Waals surface area contributed by atoms with Crippen LogP contribution in [0, 0.1) is 17.8 Å². The molecular formula is C11H23N. The van der Waals surface area contributed by atoms with Gasteiger partial charge >= 0.3 is 0 Å². The predicted molar refractivity (Wildman–Crippen MR) is 53.9 cm³/mol. The van der Waals surface area contributed by atoms with Gasteiger partial charge in [0.05, 0.1) is 0 Å². The lowest BCUT2D eigenvalue weighted by Gasteiger charge is -2.20. The zero-order chi connectivity index (χ0) is 9.14. The Morgan fingerprint density at radius 3 is 2.17 bits per heavy atom. The van der Waals surface area contributed by atoms with Gasteiger partial charge in [-0.1, -0.05) is 20.8 Å². The third-order valence-electron chi connectivity index (χ3n) is 3.12. The SMILES string of the molecule is CC(C)CCC(N)C(C)C1CC1. The Kier molecular flexibility index (Phi) is 3.57. The fourth-order valence-corrected chi connectivity index (χ4v) is 1.76. The molecule has 0 spiro atoms. The molecule has 0 bridgehead atoms. The van der Waals surface area contributed by atoms with Crippen LogP contribution in [0.5, 0.6) is 0 Å². The van der Waals surface area contributed by atoms with E-state index in [0.717, 1.165) is 17.8 Å². The van der Waals surface area contributed by atoms with Crippen LogP contribution >= 0.6 is 0 Å². The highest BCUT2D eigenvalue weighted by Crippen LogP contribution is 2.38. The van der Waals surface area contributed by atoms with Crippen LogP contribution in [0.1, 0.15) is 46.5 Å². The quantitative estimate of drug-likeness (QED) is 0.673. The Balaban J connectivity index is 2.13. The summed E-state index contributed by atoms with van der Waals surface area (Å²) in [6, 6.07) is 0.458. The largest absolute Gasteiger partial charge is 0.327 e. The van der Waals surface area contributed by atoms with Crippen LogP contribution in [-0.2, 0) is 0 Å². The smallest absolute Gasteiger partial charge is 0.00672 e. The summed E-state index contributed by atoms with van der Waals surface area (Å²) in [7, 11) is 0. The summed E-state index contributed by atoms with van der Waals surface area (Å²) in [6.45, 7) is 6.87. The molecule has 1 fully saturated rings. The molecule has 1 aliphatic carbocycles. The molecule has 0 aliphatic heterocycles. The standard InChI is InChI=1S/C11H23N/c1-8(2)4-7-11(12)9(3)10-5-6-10/h8-11H,4-7,12H2,1-3H3. The first-order valence-corrected chi connectivity index (χ1v) is 5.37. The molecule has 12 heavy (non-hydrogen) atoms. The maximum absolute atomic E-state index is 6.11. The monoisotopic (exact) mass is 169 g/mol. The lowest BCUT2D eigenvalue weighted by molar-refractivity contribution is 0.363. The van der Waals surface area contributed by atoms with Gasteiger partial charge in [0.1, 0.15) is 0 Å². The minimum atomic E-state index is 0.458. The molecule has 2 unspecified atom stereocenters. The molecule has 1 nitrogen and oxygen atoms in total. The summed E-state index contributed by atoms with van der Waals surface area (Å²) in [5.74, 6) is 2.54. The highest BCUT2D eigenvalue weighted by atomic mass is 14.7. The van der Waals surface area contributed by atoms with Crippen molar-refractivity contribution < 1.29 is 0 Å². The molecule has 0 radical (unpaired) electrons. The van der Waals surface area contributed by atoms with Gasteiger partial charge < -0.3 is 5.73 Å². The lowest BCUT2D eigenvalue weighted by atomic mass is 9.91. The van der Waals surface area contributed by atoms with Crippen molar-refractivity contribution in [3.05, 3.63) is 0 Å². The Morgan fingerprint density at radius 2 is 1.75 bits per heavy atom. The number of hydrogen-bond acceptors (Lipinski definition) is 1. The summed E-state index contributed by atoms with van der Waals surface area (Å²) in [4.78, 5) is 0. The van der Waals surface area contributed by atoms with E-state index in [1.54, 1.807) is 0 Å². The zero-order valence-electron chi connectivity index (χ0n) is 8.72. The molecule has 2 atom stereocenters. The van der Waals surface area contributed by atoms with Crippen LogP contribution in [-0.4, -0.2) is 6.04 Å². The molecular weight excluding hydrogens is 146 g/mol.